The molecule has 0 amide bonds. The van der Waals surface area contributed by atoms with Crippen molar-refractivity contribution in [1.82, 2.24) is 20.2 Å². The molecule has 0 saturated heterocycles. The summed E-state index contributed by atoms with van der Waals surface area (Å²) >= 11 is 5.00. The van der Waals surface area contributed by atoms with Crippen LogP contribution in [0.1, 0.15) is 0 Å². The van der Waals surface area contributed by atoms with E-state index in [4.69, 9.17) is 16.6 Å². The maximum atomic E-state index is 11.0. The van der Waals surface area contributed by atoms with E-state index in [1.165, 1.54) is 6.07 Å². The van der Waals surface area contributed by atoms with Crippen molar-refractivity contribution in [3.8, 4) is 5.69 Å². The molecule has 7 heteroatoms. The lowest BCUT2D eigenvalue weighted by Crippen LogP contribution is -1.98. The number of hydrogen-bond acceptors (Lipinski definition) is 5. The van der Waals surface area contributed by atoms with Crippen LogP contribution in [0.2, 0.25) is 0 Å². The van der Waals surface area contributed by atoms with E-state index >= 15 is 0 Å². The molecule has 3 rings (SSSR count). The Hall–Kier alpha value is -2.28. The molecule has 0 radical (unpaired) electrons. The van der Waals surface area contributed by atoms with Gasteiger partial charge in [-0.15, -0.1) is 0 Å². The molecule has 0 aliphatic carbocycles. The molecule has 2 heterocycles. The van der Waals surface area contributed by atoms with Gasteiger partial charge in [0, 0.05) is 11.5 Å². The van der Waals surface area contributed by atoms with E-state index < -0.39 is 0 Å². The summed E-state index contributed by atoms with van der Waals surface area (Å²) in [6.45, 7) is 0. The van der Waals surface area contributed by atoms with E-state index in [1.807, 2.05) is 6.07 Å². The standard InChI is InChI=1S/C10H6N4O2S/c15-9-4-1-6-5-7(2-3-8(6)16-9)14-10(17)11-12-13-14/h1-5H,(H,11,13,17). The van der Waals surface area contributed by atoms with Gasteiger partial charge < -0.3 is 4.42 Å². The summed E-state index contributed by atoms with van der Waals surface area (Å²) in [7, 11) is 0. The average Bonchev–Trinajstić information content (AvgIpc) is 2.75. The molecule has 3 aromatic rings. The van der Waals surface area contributed by atoms with Crippen molar-refractivity contribution in [3.63, 3.8) is 0 Å². The van der Waals surface area contributed by atoms with Gasteiger partial charge >= 0.3 is 5.63 Å². The van der Waals surface area contributed by atoms with Crippen LogP contribution < -0.4 is 5.63 Å². The van der Waals surface area contributed by atoms with Crippen LogP contribution in [0.3, 0.4) is 0 Å². The molecule has 84 valence electrons. The summed E-state index contributed by atoms with van der Waals surface area (Å²) in [6.07, 6.45) is 0. The molecule has 0 atom stereocenters. The van der Waals surface area contributed by atoms with Gasteiger partial charge in [-0.1, -0.05) is 10.3 Å². The third kappa shape index (κ3) is 1.66. The summed E-state index contributed by atoms with van der Waals surface area (Å²) in [5.41, 5.74) is 0.937. The van der Waals surface area contributed by atoms with Crippen LogP contribution in [-0.2, 0) is 0 Å². The lowest BCUT2D eigenvalue weighted by Gasteiger charge is -2.01. The summed E-state index contributed by atoms with van der Waals surface area (Å²) < 4.78 is 6.92. The summed E-state index contributed by atoms with van der Waals surface area (Å²) in [5, 5.41) is 10.7. The molecule has 6 nitrogen and oxygen atoms in total. The number of rotatable bonds is 1. The smallest absolute Gasteiger partial charge is 0.336 e. The van der Waals surface area contributed by atoms with Gasteiger partial charge in [-0.2, -0.15) is 5.21 Å². The molecule has 17 heavy (non-hydrogen) atoms. The first-order valence-electron chi connectivity index (χ1n) is 4.78. The predicted molar refractivity (Wildman–Crippen MR) is 62.6 cm³/mol. The Bertz CT molecular complexity index is 801. The number of nitrogens with one attached hydrogen (secondary N) is 1. The van der Waals surface area contributed by atoms with Crippen LogP contribution in [-0.4, -0.2) is 20.2 Å². The molecular formula is C10H6N4O2S. The molecule has 2 aromatic heterocycles. The van der Waals surface area contributed by atoms with E-state index in [1.54, 1.807) is 22.9 Å². The normalized spacial score (nSPS) is 10.8. The van der Waals surface area contributed by atoms with E-state index in [9.17, 15) is 4.79 Å². The van der Waals surface area contributed by atoms with Crippen molar-refractivity contribution < 1.29 is 4.42 Å². The number of tetrazole rings is 1. The highest BCUT2D eigenvalue weighted by Crippen LogP contribution is 2.16. The second kappa shape index (κ2) is 3.63. The van der Waals surface area contributed by atoms with Crippen LogP contribution in [0, 0.1) is 4.77 Å². The fourth-order valence-corrected chi connectivity index (χ4v) is 1.75. The maximum absolute atomic E-state index is 11.0. The van der Waals surface area contributed by atoms with Gasteiger partial charge in [0.05, 0.1) is 5.69 Å². The summed E-state index contributed by atoms with van der Waals surface area (Å²) in [5.74, 6) is 0. The van der Waals surface area contributed by atoms with Crippen molar-refractivity contribution in [1.29, 1.82) is 0 Å². The Balaban J connectivity index is 2.27. The third-order valence-electron chi connectivity index (χ3n) is 2.33. The van der Waals surface area contributed by atoms with Crippen LogP contribution >= 0.6 is 12.2 Å². The quantitative estimate of drug-likeness (QED) is 0.519. The van der Waals surface area contributed by atoms with Crippen molar-refractivity contribution in [3.05, 3.63) is 45.5 Å². The number of aromatic amines is 1. The van der Waals surface area contributed by atoms with Crippen LogP contribution in [0.15, 0.2) is 39.5 Å². The Kier molecular flexibility index (Phi) is 2.12. The number of aromatic nitrogens is 4. The second-order valence-corrected chi connectivity index (χ2v) is 3.76. The maximum Gasteiger partial charge on any atom is 0.336 e. The number of hydrogen-bond donors (Lipinski definition) is 1. The Labute approximate surface area is 99.5 Å². The second-order valence-electron chi connectivity index (χ2n) is 3.39. The molecule has 0 aliphatic heterocycles. The molecule has 0 aliphatic rings. The lowest BCUT2D eigenvalue weighted by molar-refractivity contribution is 0.561. The largest absolute Gasteiger partial charge is 0.423 e. The van der Waals surface area contributed by atoms with Crippen molar-refractivity contribution in [2.75, 3.05) is 0 Å². The zero-order chi connectivity index (χ0) is 11.8. The van der Waals surface area contributed by atoms with Crippen molar-refractivity contribution >= 4 is 23.2 Å². The molecule has 0 spiro atoms. The van der Waals surface area contributed by atoms with Gasteiger partial charge in [0.2, 0.25) is 4.77 Å². The van der Waals surface area contributed by atoms with Gasteiger partial charge in [-0.3, -0.25) is 0 Å². The molecule has 0 saturated carbocycles. The molecule has 1 N–H and O–H groups in total. The van der Waals surface area contributed by atoms with Crippen molar-refractivity contribution in [2.45, 2.75) is 0 Å². The first-order chi connectivity index (χ1) is 8.24. The monoisotopic (exact) mass is 246 g/mol. The number of H-pyrrole nitrogens is 1. The Morgan fingerprint density at radius 2 is 2.18 bits per heavy atom. The molecular weight excluding hydrogens is 240 g/mol. The fraction of sp³-hybridized carbons (Fsp3) is 0. The minimum atomic E-state index is -0.370. The minimum Gasteiger partial charge on any atom is -0.423 e. The average molecular weight is 246 g/mol. The Morgan fingerprint density at radius 3 is 2.94 bits per heavy atom. The van der Waals surface area contributed by atoms with Gasteiger partial charge in [0.1, 0.15) is 5.58 Å². The van der Waals surface area contributed by atoms with Crippen molar-refractivity contribution in [2.24, 2.45) is 0 Å². The molecule has 0 unspecified atom stereocenters. The topological polar surface area (TPSA) is 76.7 Å². The van der Waals surface area contributed by atoms with Gasteiger partial charge in [0.25, 0.3) is 0 Å². The zero-order valence-electron chi connectivity index (χ0n) is 8.45. The highest BCUT2D eigenvalue weighted by molar-refractivity contribution is 7.71. The first-order valence-corrected chi connectivity index (χ1v) is 5.19. The summed E-state index contributed by atoms with van der Waals surface area (Å²) in [6, 6.07) is 8.36. The fourth-order valence-electron chi connectivity index (χ4n) is 1.56. The van der Waals surface area contributed by atoms with E-state index in [0.29, 0.717) is 10.4 Å². The third-order valence-corrected chi connectivity index (χ3v) is 2.60. The van der Waals surface area contributed by atoms with E-state index in [0.717, 1.165) is 11.1 Å². The van der Waals surface area contributed by atoms with Crippen LogP contribution in [0.25, 0.3) is 16.7 Å². The SMILES string of the molecule is O=c1ccc2cc(-n3[nH]nnc3=S)ccc2o1. The number of benzene rings is 1. The Morgan fingerprint density at radius 1 is 1.29 bits per heavy atom. The van der Waals surface area contributed by atoms with Gasteiger partial charge in [-0.25, -0.2) is 9.48 Å². The highest BCUT2D eigenvalue weighted by Gasteiger charge is 2.02. The van der Waals surface area contributed by atoms with Crippen LogP contribution in [0.4, 0.5) is 0 Å². The molecule has 0 fully saturated rings. The lowest BCUT2D eigenvalue weighted by atomic mass is 10.2. The first kappa shape index (κ1) is 9.91. The van der Waals surface area contributed by atoms with E-state index in [-0.39, 0.29) is 5.63 Å². The van der Waals surface area contributed by atoms with E-state index in [2.05, 4.69) is 15.5 Å². The van der Waals surface area contributed by atoms with Crippen LogP contribution in [0.5, 0.6) is 0 Å². The highest BCUT2D eigenvalue weighted by atomic mass is 32.1. The van der Waals surface area contributed by atoms with Gasteiger partial charge in [0.15, 0.2) is 0 Å². The molecule has 1 aromatic carbocycles. The number of fused-ring (bicyclic) bond motifs is 1. The van der Waals surface area contributed by atoms with Gasteiger partial charge in [-0.05, 0) is 36.5 Å². The zero-order valence-corrected chi connectivity index (χ0v) is 9.27. The molecule has 0 bridgehead atoms. The summed E-state index contributed by atoms with van der Waals surface area (Å²) in [4.78, 5) is 11.0. The minimum absolute atomic E-state index is 0.335. The predicted octanol–water partition coefficient (Wildman–Crippen LogP) is 1.43. The number of nitrogens with zero attached hydrogens (tertiary/aromatic N) is 3.